The van der Waals surface area contributed by atoms with Crippen molar-refractivity contribution in [1.82, 2.24) is 10.2 Å². The van der Waals surface area contributed by atoms with Gasteiger partial charge in [-0.25, -0.2) is 0 Å². The minimum absolute atomic E-state index is 0.0138. The Morgan fingerprint density at radius 2 is 1.70 bits per heavy atom. The normalized spacial score (nSPS) is 16.0. The summed E-state index contributed by atoms with van der Waals surface area (Å²) in [4.78, 5) is 27.0. The number of nitrogens with one attached hydrogen (secondary N) is 1. The molecule has 27 heavy (non-hydrogen) atoms. The van der Waals surface area contributed by atoms with E-state index in [4.69, 9.17) is 0 Å². The Bertz CT molecular complexity index is 772. The van der Waals surface area contributed by atoms with Crippen LogP contribution in [-0.4, -0.2) is 48.5 Å². The van der Waals surface area contributed by atoms with Gasteiger partial charge < -0.3 is 10.2 Å². The highest BCUT2D eigenvalue weighted by molar-refractivity contribution is 5.78. The van der Waals surface area contributed by atoms with Crippen LogP contribution in [0.15, 0.2) is 54.6 Å². The summed E-state index contributed by atoms with van der Waals surface area (Å²) < 4.78 is 0. The quantitative estimate of drug-likeness (QED) is 0.626. The monoisotopic (exact) mass is 368 g/mol. The summed E-state index contributed by atoms with van der Waals surface area (Å²) in [6, 6.07) is 16.5. The van der Waals surface area contributed by atoms with Crippen LogP contribution in [0.2, 0.25) is 0 Å². The molecule has 2 aromatic rings. The van der Waals surface area contributed by atoms with Gasteiger partial charge in [0, 0.05) is 44.0 Å². The summed E-state index contributed by atoms with van der Waals surface area (Å²) in [6.07, 6.45) is 0. The molecule has 1 amide bonds. The third kappa shape index (κ3) is 5.04. The average molecular weight is 368 g/mol. The van der Waals surface area contributed by atoms with Gasteiger partial charge in [0.15, 0.2) is 0 Å². The van der Waals surface area contributed by atoms with Crippen molar-refractivity contribution < 1.29 is 9.72 Å². The molecule has 2 aromatic carbocycles. The first-order chi connectivity index (χ1) is 13.0. The number of amides is 1. The summed E-state index contributed by atoms with van der Waals surface area (Å²) in [6.45, 7) is 5.51. The number of nitro benzene ring substituents is 1. The Balaban J connectivity index is 1.46. The highest BCUT2D eigenvalue weighted by Crippen LogP contribution is 2.20. The van der Waals surface area contributed by atoms with Gasteiger partial charge in [-0.05, 0) is 24.6 Å². The zero-order valence-electron chi connectivity index (χ0n) is 15.4. The third-order valence-corrected chi connectivity index (χ3v) is 4.84. The molecular weight excluding hydrogens is 344 g/mol. The summed E-state index contributed by atoms with van der Waals surface area (Å²) in [5.74, 6) is 0.0233. The average Bonchev–Trinajstić information content (AvgIpc) is 2.69. The van der Waals surface area contributed by atoms with Gasteiger partial charge in [-0.3, -0.25) is 19.8 Å². The molecule has 142 valence electrons. The van der Waals surface area contributed by atoms with Gasteiger partial charge in [0.25, 0.3) is 5.69 Å². The standard InChI is InChI=1S/C20H24N4O3/c1-16(17-5-3-2-4-6-17)21-20(25)15-22-11-13-23(14-12-22)18-7-9-19(10-8-18)24(26)27/h2-10,16H,11-15H2,1H3,(H,21,25). The molecule has 3 rings (SSSR count). The van der Waals surface area contributed by atoms with Crippen molar-refractivity contribution in [2.24, 2.45) is 0 Å². The molecule has 0 saturated carbocycles. The first-order valence-corrected chi connectivity index (χ1v) is 9.09. The molecule has 0 radical (unpaired) electrons. The second-order valence-corrected chi connectivity index (χ2v) is 6.74. The van der Waals surface area contributed by atoms with E-state index in [9.17, 15) is 14.9 Å². The number of nitrogens with zero attached hydrogens (tertiary/aromatic N) is 3. The van der Waals surface area contributed by atoms with Crippen molar-refractivity contribution in [2.75, 3.05) is 37.6 Å². The van der Waals surface area contributed by atoms with Crippen LogP contribution >= 0.6 is 0 Å². The van der Waals surface area contributed by atoms with Crippen LogP contribution in [0.4, 0.5) is 11.4 Å². The van der Waals surface area contributed by atoms with Gasteiger partial charge in [0.1, 0.15) is 0 Å². The SMILES string of the molecule is CC(NC(=O)CN1CCN(c2ccc([N+](=O)[O-])cc2)CC1)c1ccccc1. The maximum Gasteiger partial charge on any atom is 0.269 e. The van der Waals surface area contributed by atoms with E-state index >= 15 is 0 Å². The second kappa shape index (κ2) is 8.64. The molecule has 1 N–H and O–H groups in total. The van der Waals surface area contributed by atoms with Crippen LogP contribution in [0.3, 0.4) is 0 Å². The Kier molecular flexibility index (Phi) is 6.03. The number of rotatable bonds is 6. The largest absolute Gasteiger partial charge is 0.369 e. The van der Waals surface area contributed by atoms with Crippen molar-refractivity contribution in [3.05, 3.63) is 70.3 Å². The number of non-ortho nitro benzene ring substituents is 1. The Labute approximate surface area is 158 Å². The van der Waals surface area contributed by atoms with Crippen molar-refractivity contribution in [1.29, 1.82) is 0 Å². The van der Waals surface area contributed by atoms with Crippen LogP contribution in [0, 0.1) is 10.1 Å². The molecule has 0 bridgehead atoms. The topological polar surface area (TPSA) is 78.7 Å². The van der Waals surface area contributed by atoms with Crippen LogP contribution in [0.25, 0.3) is 0 Å². The van der Waals surface area contributed by atoms with Gasteiger partial charge in [-0.2, -0.15) is 0 Å². The highest BCUT2D eigenvalue weighted by atomic mass is 16.6. The number of carbonyl (C=O) groups is 1. The number of carbonyl (C=O) groups excluding carboxylic acids is 1. The van der Waals surface area contributed by atoms with E-state index in [2.05, 4.69) is 15.1 Å². The Morgan fingerprint density at radius 3 is 2.30 bits per heavy atom. The molecule has 1 aliphatic rings. The molecule has 7 heteroatoms. The summed E-state index contributed by atoms with van der Waals surface area (Å²) >= 11 is 0. The summed E-state index contributed by atoms with van der Waals surface area (Å²) in [7, 11) is 0. The van der Waals surface area contributed by atoms with Crippen LogP contribution in [-0.2, 0) is 4.79 Å². The first kappa shape index (κ1) is 18.8. The summed E-state index contributed by atoms with van der Waals surface area (Å²) in [5.41, 5.74) is 2.16. The van der Waals surface area contributed by atoms with Gasteiger partial charge in [-0.15, -0.1) is 0 Å². The van der Waals surface area contributed by atoms with Gasteiger partial charge in [0.05, 0.1) is 17.5 Å². The zero-order valence-corrected chi connectivity index (χ0v) is 15.4. The number of benzene rings is 2. The molecule has 0 aromatic heterocycles. The molecule has 1 fully saturated rings. The predicted molar refractivity (Wildman–Crippen MR) is 105 cm³/mol. The van der Waals surface area contributed by atoms with Crippen LogP contribution in [0.1, 0.15) is 18.5 Å². The highest BCUT2D eigenvalue weighted by Gasteiger charge is 2.20. The lowest BCUT2D eigenvalue weighted by Gasteiger charge is -2.35. The molecule has 1 saturated heterocycles. The maximum atomic E-state index is 12.3. The second-order valence-electron chi connectivity index (χ2n) is 6.74. The van der Waals surface area contributed by atoms with Crippen molar-refractivity contribution in [3.63, 3.8) is 0 Å². The molecule has 1 unspecified atom stereocenters. The number of anilines is 1. The first-order valence-electron chi connectivity index (χ1n) is 9.09. The molecule has 7 nitrogen and oxygen atoms in total. The van der Waals surface area contributed by atoms with Crippen molar-refractivity contribution in [2.45, 2.75) is 13.0 Å². The number of nitro groups is 1. The number of piperazine rings is 1. The molecule has 0 spiro atoms. The fourth-order valence-corrected chi connectivity index (χ4v) is 3.26. The maximum absolute atomic E-state index is 12.3. The van der Waals surface area contributed by atoms with Crippen molar-refractivity contribution in [3.8, 4) is 0 Å². The Morgan fingerprint density at radius 1 is 1.07 bits per heavy atom. The fraction of sp³-hybridized carbons (Fsp3) is 0.350. The number of hydrogen-bond acceptors (Lipinski definition) is 5. The van der Waals surface area contributed by atoms with Gasteiger partial charge in [0.2, 0.25) is 5.91 Å². The molecular formula is C20H24N4O3. The zero-order chi connectivity index (χ0) is 19.2. The minimum atomic E-state index is -0.392. The van der Waals surface area contributed by atoms with E-state index in [0.29, 0.717) is 6.54 Å². The van der Waals surface area contributed by atoms with E-state index in [1.165, 1.54) is 12.1 Å². The smallest absolute Gasteiger partial charge is 0.269 e. The minimum Gasteiger partial charge on any atom is -0.369 e. The molecule has 1 atom stereocenters. The van der Waals surface area contributed by atoms with E-state index in [-0.39, 0.29) is 17.6 Å². The van der Waals surface area contributed by atoms with E-state index in [1.807, 2.05) is 37.3 Å². The fourth-order valence-electron chi connectivity index (χ4n) is 3.26. The third-order valence-electron chi connectivity index (χ3n) is 4.84. The van der Waals surface area contributed by atoms with Crippen LogP contribution in [0.5, 0.6) is 0 Å². The van der Waals surface area contributed by atoms with Gasteiger partial charge in [-0.1, -0.05) is 30.3 Å². The van der Waals surface area contributed by atoms with E-state index in [1.54, 1.807) is 12.1 Å². The predicted octanol–water partition coefficient (Wildman–Crippen LogP) is 2.59. The van der Waals surface area contributed by atoms with Crippen LogP contribution < -0.4 is 10.2 Å². The summed E-state index contributed by atoms with van der Waals surface area (Å²) in [5, 5.41) is 13.8. The molecule has 1 heterocycles. The Hall–Kier alpha value is -2.93. The van der Waals surface area contributed by atoms with E-state index < -0.39 is 4.92 Å². The lowest BCUT2D eigenvalue weighted by atomic mass is 10.1. The number of hydrogen-bond donors (Lipinski definition) is 1. The van der Waals surface area contributed by atoms with Gasteiger partial charge >= 0.3 is 0 Å². The lowest BCUT2D eigenvalue weighted by Crippen LogP contribution is -2.49. The molecule has 1 aliphatic heterocycles. The van der Waals surface area contributed by atoms with Crippen molar-refractivity contribution >= 4 is 17.3 Å². The van der Waals surface area contributed by atoms with E-state index in [0.717, 1.165) is 37.4 Å². The molecule has 0 aliphatic carbocycles. The lowest BCUT2D eigenvalue weighted by molar-refractivity contribution is -0.384.